The number of halogens is 1. The van der Waals surface area contributed by atoms with Gasteiger partial charge in [-0.05, 0) is 50.5 Å². The Bertz CT molecular complexity index is 793. The molecular weight excluding hydrogens is 366 g/mol. The van der Waals surface area contributed by atoms with E-state index >= 15 is 0 Å². The normalized spacial score (nSPS) is 14.7. The first kappa shape index (κ1) is 19.2. The number of anilines is 3. The number of ether oxygens (including phenoxy) is 1. The second kappa shape index (κ2) is 8.90. The smallest absolute Gasteiger partial charge is 0.409 e. The molecule has 2 N–H and O–H groups in total. The number of rotatable bonds is 5. The minimum absolute atomic E-state index is 0.221. The molecule has 1 amide bonds. The zero-order valence-corrected chi connectivity index (χ0v) is 16.3. The van der Waals surface area contributed by atoms with Crippen LogP contribution in [-0.2, 0) is 4.74 Å². The molecule has 0 aliphatic carbocycles. The number of carbonyl (C=O) groups is 1. The molecule has 3 rings (SSSR count). The summed E-state index contributed by atoms with van der Waals surface area (Å²) in [6, 6.07) is 7.75. The summed E-state index contributed by atoms with van der Waals surface area (Å²) < 4.78 is 5.05. The van der Waals surface area contributed by atoms with Crippen molar-refractivity contribution in [2.45, 2.75) is 32.7 Å². The standard InChI is InChI=1S/C19H24ClN5O2/c1-3-27-19(26)25-11-8-14(9-12-25)22-18-21-10-7-17(24-18)23-16-6-4-5-15(20)13(16)2/h4-7,10,14H,3,8-9,11-12H2,1-2H3,(H2,21,22,23,24). The van der Waals surface area contributed by atoms with Crippen LogP contribution < -0.4 is 10.6 Å². The van der Waals surface area contributed by atoms with Gasteiger partial charge in [-0.25, -0.2) is 9.78 Å². The molecule has 1 aliphatic heterocycles. The zero-order chi connectivity index (χ0) is 19.2. The second-order valence-corrected chi connectivity index (χ2v) is 6.81. The van der Waals surface area contributed by atoms with Crippen LogP contribution in [0.2, 0.25) is 5.02 Å². The predicted octanol–water partition coefficient (Wildman–Crippen LogP) is 4.21. The number of likely N-dealkylation sites (tertiary alicyclic amines) is 1. The van der Waals surface area contributed by atoms with Gasteiger partial charge in [0.1, 0.15) is 5.82 Å². The maximum atomic E-state index is 11.8. The summed E-state index contributed by atoms with van der Waals surface area (Å²) in [5, 5.41) is 7.35. The average Bonchev–Trinajstić information content (AvgIpc) is 2.67. The summed E-state index contributed by atoms with van der Waals surface area (Å²) in [5.74, 6) is 1.26. The van der Waals surface area contributed by atoms with E-state index in [9.17, 15) is 4.79 Å². The van der Waals surface area contributed by atoms with Crippen molar-refractivity contribution in [2.75, 3.05) is 30.3 Å². The number of hydrogen-bond acceptors (Lipinski definition) is 6. The monoisotopic (exact) mass is 389 g/mol. The molecule has 2 aromatic rings. The van der Waals surface area contributed by atoms with Crippen LogP contribution in [0.5, 0.6) is 0 Å². The van der Waals surface area contributed by atoms with Crippen molar-refractivity contribution >= 4 is 35.1 Å². The van der Waals surface area contributed by atoms with Crippen molar-refractivity contribution in [1.82, 2.24) is 14.9 Å². The number of nitrogens with zero attached hydrogens (tertiary/aromatic N) is 3. The molecule has 27 heavy (non-hydrogen) atoms. The Balaban J connectivity index is 1.58. The van der Waals surface area contributed by atoms with E-state index in [0.29, 0.717) is 36.5 Å². The fourth-order valence-electron chi connectivity index (χ4n) is 2.98. The second-order valence-electron chi connectivity index (χ2n) is 6.41. The number of nitrogens with one attached hydrogen (secondary N) is 2. The van der Waals surface area contributed by atoms with Gasteiger partial charge in [-0.3, -0.25) is 0 Å². The van der Waals surface area contributed by atoms with Crippen molar-refractivity contribution in [2.24, 2.45) is 0 Å². The Morgan fingerprint density at radius 2 is 2.11 bits per heavy atom. The molecule has 1 aromatic carbocycles. The van der Waals surface area contributed by atoms with Crippen LogP contribution in [0.1, 0.15) is 25.3 Å². The Morgan fingerprint density at radius 1 is 1.33 bits per heavy atom. The molecule has 144 valence electrons. The number of carbonyl (C=O) groups excluding carboxylic acids is 1. The van der Waals surface area contributed by atoms with E-state index in [1.54, 1.807) is 11.1 Å². The van der Waals surface area contributed by atoms with Crippen molar-refractivity contribution in [3.63, 3.8) is 0 Å². The lowest BCUT2D eigenvalue weighted by atomic mass is 10.1. The molecule has 2 heterocycles. The van der Waals surface area contributed by atoms with Crippen molar-refractivity contribution < 1.29 is 9.53 Å². The lowest BCUT2D eigenvalue weighted by Crippen LogP contribution is -2.42. The minimum Gasteiger partial charge on any atom is -0.450 e. The van der Waals surface area contributed by atoms with E-state index in [0.717, 1.165) is 24.1 Å². The Labute approximate surface area is 164 Å². The van der Waals surface area contributed by atoms with E-state index in [-0.39, 0.29) is 12.1 Å². The Kier molecular flexibility index (Phi) is 6.34. The van der Waals surface area contributed by atoms with Gasteiger partial charge >= 0.3 is 6.09 Å². The molecule has 0 atom stereocenters. The molecule has 7 nitrogen and oxygen atoms in total. The summed E-state index contributed by atoms with van der Waals surface area (Å²) in [4.78, 5) is 22.4. The van der Waals surface area contributed by atoms with Crippen LogP contribution in [0.15, 0.2) is 30.5 Å². The lowest BCUT2D eigenvalue weighted by Gasteiger charge is -2.31. The third-order valence-electron chi connectivity index (χ3n) is 4.54. The van der Waals surface area contributed by atoms with E-state index in [1.807, 2.05) is 38.1 Å². The molecule has 1 saturated heterocycles. The molecule has 8 heteroatoms. The molecule has 0 bridgehead atoms. The molecule has 1 fully saturated rings. The topological polar surface area (TPSA) is 79.4 Å². The van der Waals surface area contributed by atoms with Crippen molar-refractivity contribution in [1.29, 1.82) is 0 Å². The predicted molar refractivity (Wildman–Crippen MR) is 107 cm³/mol. The largest absolute Gasteiger partial charge is 0.450 e. The third kappa shape index (κ3) is 5.01. The summed E-state index contributed by atoms with van der Waals surface area (Å²) >= 11 is 6.17. The van der Waals surface area contributed by atoms with Crippen LogP contribution in [0.25, 0.3) is 0 Å². The maximum absolute atomic E-state index is 11.8. The summed E-state index contributed by atoms with van der Waals surface area (Å²) in [7, 11) is 0. The number of piperidine rings is 1. The van der Waals surface area contributed by atoms with Gasteiger partial charge in [0.2, 0.25) is 5.95 Å². The fourth-order valence-corrected chi connectivity index (χ4v) is 3.16. The van der Waals surface area contributed by atoms with Gasteiger partial charge in [0.25, 0.3) is 0 Å². The van der Waals surface area contributed by atoms with Crippen molar-refractivity contribution in [3.8, 4) is 0 Å². The number of amides is 1. The van der Waals surface area contributed by atoms with Gasteiger partial charge in [0, 0.05) is 36.0 Å². The van der Waals surface area contributed by atoms with E-state index in [4.69, 9.17) is 16.3 Å². The Hall–Kier alpha value is -2.54. The van der Waals surface area contributed by atoms with Crippen molar-refractivity contribution in [3.05, 3.63) is 41.0 Å². The first-order chi connectivity index (χ1) is 13.1. The van der Waals surface area contributed by atoms with Gasteiger partial charge in [-0.1, -0.05) is 17.7 Å². The van der Waals surface area contributed by atoms with E-state index < -0.39 is 0 Å². The first-order valence-corrected chi connectivity index (χ1v) is 9.48. The zero-order valence-electron chi connectivity index (χ0n) is 15.5. The highest BCUT2D eigenvalue weighted by Crippen LogP contribution is 2.25. The Morgan fingerprint density at radius 3 is 2.85 bits per heavy atom. The van der Waals surface area contributed by atoms with Crippen LogP contribution in [-0.4, -0.2) is 46.7 Å². The quantitative estimate of drug-likeness (QED) is 0.797. The molecule has 1 aromatic heterocycles. The van der Waals surface area contributed by atoms with Gasteiger partial charge in [0.15, 0.2) is 0 Å². The van der Waals surface area contributed by atoms with Gasteiger partial charge < -0.3 is 20.3 Å². The number of aromatic nitrogens is 2. The van der Waals surface area contributed by atoms with Crippen LogP contribution >= 0.6 is 11.6 Å². The van der Waals surface area contributed by atoms with E-state index in [2.05, 4.69) is 20.6 Å². The SMILES string of the molecule is CCOC(=O)N1CCC(Nc2nccc(Nc3cccc(Cl)c3C)n2)CC1. The van der Waals surface area contributed by atoms with Gasteiger partial charge in [-0.2, -0.15) is 4.98 Å². The van der Waals surface area contributed by atoms with E-state index in [1.165, 1.54) is 0 Å². The molecule has 0 unspecified atom stereocenters. The molecule has 0 radical (unpaired) electrons. The average molecular weight is 390 g/mol. The highest BCUT2D eigenvalue weighted by atomic mass is 35.5. The minimum atomic E-state index is -0.240. The van der Waals surface area contributed by atoms with Crippen LogP contribution in [0.4, 0.5) is 22.2 Å². The summed E-state index contributed by atoms with van der Waals surface area (Å²) in [5.41, 5.74) is 1.88. The highest BCUT2D eigenvalue weighted by Gasteiger charge is 2.23. The fraction of sp³-hybridized carbons (Fsp3) is 0.421. The van der Waals surface area contributed by atoms with Gasteiger partial charge in [0.05, 0.1) is 6.61 Å². The van der Waals surface area contributed by atoms with Gasteiger partial charge in [-0.15, -0.1) is 0 Å². The highest BCUT2D eigenvalue weighted by molar-refractivity contribution is 6.31. The van der Waals surface area contributed by atoms with Crippen LogP contribution in [0, 0.1) is 6.92 Å². The number of hydrogen-bond donors (Lipinski definition) is 2. The summed E-state index contributed by atoms with van der Waals surface area (Å²) in [6.45, 7) is 5.50. The molecular formula is C19H24ClN5O2. The first-order valence-electron chi connectivity index (χ1n) is 9.10. The van der Waals surface area contributed by atoms with Crippen LogP contribution in [0.3, 0.4) is 0 Å². The summed E-state index contributed by atoms with van der Waals surface area (Å²) in [6.07, 6.45) is 3.13. The third-order valence-corrected chi connectivity index (χ3v) is 4.95. The molecule has 0 spiro atoms. The molecule has 1 aliphatic rings. The maximum Gasteiger partial charge on any atom is 0.409 e. The number of benzene rings is 1. The lowest BCUT2D eigenvalue weighted by molar-refractivity contribution is 0.0983. The molecule has 0 saturated carbocycles.